The molecule has 0 spiro atoms. The summed E-state index contributed by atoms with van der Waals surface area (Å²) in [6, 6.07) is 19.8. The lowest BCUT2D eigenvalue weighted by Crippen LogP contribution is -2.13. The highest BCUT2D eigenvalue weighted by Crippen LogP contribution is 2.40. The van der Waals surface area contributed by atoms with E-state index in [1.165, 1.54) is 21.3 Å². The first-order valence-electron chi connectivity index (χ1n) is 8.82. The van der Waals surface area contributed by atoms with Crippen molar-refractivity contribution >= 4 is 11.6 Å². The Labute approximate surface area is 169 Å². The number of carbonyl (C=O) groups excluding carboxylic acids is 1. The van der Waals surface area contributed by atoms with Gasteiger partial charge in [-0.2, -0.15) is 5.26 Å². The number of benzene rings is 3. The van der Waals surface area contributed by atoms with E-state index in [0.29, 0.717) is 45.2 Å². The van der Waals surface area contributed by atoms with Crippen LogP contribution >= 0.6 is 0 Å². The molecule has 0 saturated heterocycles. The van der Waals surface area contributed by atoms with E-state index in [1.54, 1.807) is 36.4 Å². The van der Waals surface area contributed by atoms with Crippen LogP contribution in [0.1, 0.15) is 15.9 Å². The molecule has 1 amide bonds. The van der Waals surface area contributed by atoms with Crippen LogP contribution in [-0.4, -0.2) is 27.2 Å². The van der Waals surface area contributed by atoms with Gasteiger partial charge in [0.1, 0.15) is 0 Å². The maximum Gasteiger partial charge on any atom is 0.256 e. The van der Waals surface area contributed by atoms with E-state index in [0.717, 1.165) is 0 Å². The molecule has 0 aliphatic rings. The van der Waals surface area contributed by atoms with E-state index in [9.17, 15) is 10.1 Å². The highest BCUT2D eigenvalue weighted by molar-refractivity contribution is 6.09. The zero-order valence-corrected chi connectivity index (χ0v) is 16.4. The fourth-order valence-electron chi connectivity index (χ4n) is 3.08. The average molecular weight is 388 g/mol. The summed E-state index contributed by atoms with van der Waals surface area (Å²) in [5, 5.41) is 12.3. The van der Waals surface area contributed by atoms with E-state index < -0.39 is 0 Å². The summed E-state index contributed by atoms with van der Waals surface area (Å²) in [5.74, 6) is 0.995. The third-order valence-corrected chi connectivity index (χ3v) is 4.43. The minimum atomic E-state index is -0.317. The molecular formula is C23H20N2O4. The van der Waals surface area contributed by atoms with E-state index in [-0.39, 0.29) is 5.91 Å². The van der Waals surface area contributed by atoms with Crippen LogP contribution in [0.3, 0.4) is 0 Å². The van der Waals surface area contributed by atoms with Crippen molar-refractivity contribution in [2.45, 2.75) is 0 Å². The molecule has 0 heterocycles. The standard InChI is InChI=1S/C23H20N2O4/c1-27-20-12-16(13-21(28-2)22(20)29-3)25-23(26)19-11-7-6-10-18(19)17-9-5-4-8-15(17)14-24/h4-13H,1-3H3,(H,25,26). The van der Waals surface area contributed by atoms with Crippen LogP contribution in [0, 0.1) is 11.3 Å². The zero-order valence-electron chi connectivity index (χ0n) is 16.4. The van der Waals surface area contributed by atoms with Crippen LogP contribution in [0.4, 0.5) is 5.69 Å². The summed E-state index contributed by atoms with van der Waals surface area (Å²) in [4.78, 5) is 13.1. The molecule has 6 heteroatoms. The van der Waals surface area contributed by atoms with Gasteiger partial charge < -0.3 is 19.5 Å². The molecule has 29 heavy (non-hydrogen) atoms. The molecule has 0 fully saturated rings. The highest BCUT2D eigenvalue weighted by Gasteiger charge is 2.18. The summed E-state index contributed by atoms with van der Waals surface area (Å²) >= 11 is 0. The number of hydrogen-bond acceptors (Lipinski definition) is 5. The normalized spacial score (nSPS) is 10.0. The second-order valence-electron chi connectivity index (χ2n) is 6.07. The van der Waals surface area contributed by atoms with Gasteiger partial charge in [-0.15, -0.1) is 0 Å². The largest absolute Gasteiger partial charge is 0.493 e. The summed E-state index contributed by atoms with van der Waals surface area (Å²) < 4.78 is 16.0. The number of hydrogen-bond donors (Lipinski definition) is 1. The SMILES string of the molecule is COc1cc(NC(=O)c2ccccc2-c2ccccc2C#N)cc(OC)c1OC. The number of nitriles is 1. The Bertz CT molecular complexity index is 1060. The third kappa shape index (κ3) is 3.99. The fourth-order valence-corrected chi connectivity index (χ4v) is 3.08. The number of ether oxygens (including phenoxy) is 3. The molecular weight excluding hydrogens is 368 g/mol. The van der Waals surface area contributed by atoms with Gasteiger partial charge >= 0.3 is 0 Å². The molecule has 1 N–H and O–H groups in total. The van der Waals surface area contributed by atoms with Crippen molar-refractivity contribution in [1.82, 2.24) is 0 Å². The van der Waals surface area contributed by atoms with Crippen LogP contribution in [-0.2, 0) is 0 Å². The Morgan fingerprint density at radius 1 is 0.862 bits per heavy atom. The van der Waals surface area contributed by atoms with Crippen LogP contribution in [0.15, 0.2) is 60.7 Å². The molecule has 0 radical (unpaired) electrons. The molecule has 6 nitrogen and oxygen atoms in total. The minimum absolute atomic E-state index is 0.317. The quantitative estimate of drug-likeness (QED) is 0.672. The van der Waals surface area contributed by atoms with Crippen molar-refractivity contribution in [2.24, 2.45) is 0 Å². The van der Waals surface area contributed by atoms with Crippen molar-refractivity contribution in [3.8, 4) is 34.4 Å². The molecule has 0 unspecified atom stereocenters. The predicted molar refractivity (Wildman–Crippen MR) is 111 cm³/mol. The van der Waals surface area contributed by atoms with E-state index in [2.05, 4.69) is 11.4 Å². The van der Waals surface area contributed by atoms with Crippen molar-refractivity contribution in [1.29, 1.82) is 5.26 Å². The lowest BCUT2D eigenvalue weighted by molar-refractivity contribution is 0.102. The lowest BCUT2D eigenvalue weighted by atomic mass is 9.95. The first-order chi connectivity index (χ1) is 14.1. The Balaban J connectivity index is 2.01. The summed E-state index contributed by atoms with van der Waals surface area (Å²) in [5.41, 5.74) is 2.82. The smallest absolute Gasteiger partial charge is 0.256 e. The number of nitrogens with zero attached hydrogens (tertiary/aromatic N) is 1. The number of methoxy groups -OCH3 is 3. The molecule has 3 aromatic rings. The number of carbonyl (C=O) groups is 1. The van der Waals surface area contributed by atoms with Gasteiger partial charge in [0.2, 0.25) is 5.75 Å². The van der Waals surface area contributed by atoms with E-state index in [4.69, 9.17) is 14.2 Å². The van der Waals surface area contributed by atoms with Crippen molar-refractivity contribution in [3.63, 3.8) is 0 Å². The summed E-state index contributed by atoms with van der Waals surface area (Å²) in [7, 11) is 4.54. The van der Waals surface area contributed by atoms with Crippen LogP contribution in [0.2, 0.25) is 0 Å². The molecule has 0 aliphatic carbocycles. The number of amides is 1. The van der Waals surface area contributed by atoms with Gasteiger partial charge in [-0.05, 0) is 17.7 Å². The van der Waals surface area contributed by atoms with Crippen LogP contribution < -0.4 is 19.5 Å². The number of anilines is 1. The van der Waals surface area contributed by atoms with Gasteiger partial charge in [0, 0.05) is 28.9 Å². The zero-order chi connectivity index (χ0) is 20.8. The van der Waals surface area contributed by atoms with Crippen LogP contribution in [0.5, 0.6) is 17.2 Å². The second kappa shape index (κ2) is 8.81. The predicted octanol–water partition coefficient (Wildman–Crippen LogP) is 4.50. The second-order valence-corrected chi connectivity index (χ2v) is 6.07. The topological polar surface area (TPSA) is 80.6 Å². The Morgan fingerprint density at radius 3 is 2.03 bits per heavy atom. The van der Waals surface area contributed by atoms with Gasteiger partial charge in [-0.3, -0.25) is 4.79 Å². The van der Waals surface area contributed by atoms with Gasteiger partial charge in [0.15, 0.2) is 11.5 Å². The Morgan fingerprint density at radius 2 is 1.45 bits per heavy atom. The van der Waals surface area contributed by atoms with Crippen molar-refractivity contribution in [3.05, 3.63) is 71.8 Å². The molecule has 0 aromatic heterocycles. The molecule has 0 bridgehead atoms. The van der Waals surface area contributed by atoms with Gasteiger partial charge in [0.05, 0.1) is 33.0 Å². The van der Waals surface area contributed by atoms with Crippen molar-refractivity contribution < 1.29 is 19.0 Å². The third-order valence-electron chi connectivity index (χ3n) is 4.43. The first kappa shape index (κ1) is 19.8. The monoisotopic (exact) mass is 388 g/mol. The highest BCUT2D eigenvalue weighted by atomic mass is 16.5. The maximum absolute atomic E-state index is 13.1. The molecule has 146 valence electrons. The van der Waals surface area contributed by atoms with Gasteiger partial charge in [-0.25, -0.2) is 0 Å². The summed E-state index contributed by atoms with van der Waals surface area (Å²) in [6.45, 7) is 0. The number of nitrogens with one attached hydrogen (secondary N) is 1. The maximum atomic E-state index is 13.1. The van der Waals surface area contributed by atoms with Gasteiger partial charge in [0.25, 0.3) is 5.91 Å². The van der Waals surface area contributed by atoms with E-state index >= 15 is 0 Å². The summed E-state index contributed by atoms with van der Waals surface area (Å²) in [6.07, 6.45) is 0. The molecule has 0 atom stereocenters. The van der Waals surface area contributed by atoms with Crippen molar-refractivity contribution in [2.75, 3.05) is 26.6 Å². The Kier molecular flexibility index (Phi) is 6.00. The van der Waals surface area contributed by atoms with Gasteiger partial charge in [-0.1, -0.05) is 36.4 Å². The molecule has 0 aliphatic heterocycles. The fraction of sp³-hybridized carbons (Fsp3) is 0.130. The first-order valence-corrected chi connectivity index (χ1v) is 8.82. The average Bonchev–Trinajstić information content (AvgIpc) is 2.78. The molecule has 3 rings (SSSR count). The Hall–Kier alpha value is -3.98. The molecule has 3 aromatic carbocycles. The lowest BCUT2D eigenvalue weighted by Gasteiger charge is -2.15. The minimum Gasteiger partial charge on any atom is -0.493 e. The molecule has 0 saturated carbocycles. The van der Waals surface area contributed by atoms with E-state index in [1.807, 2.05) is 24.3 Å². The number of rotatable bonds is 6. The van der Waals surface area contributed by atoms with Crippen LogP contribution in [0.25, 0.3) is 11.1 Å².